The number of carbonyl (C=O) groups excluding carboxylic acids is 1. The number of carboxylic acids is 1. The maximum absolute atomic E-state index is 13.3. The Morgan fingerprint density at radius 3 is 2.47 bits per heavy atom. The molecule has 0 saturated carbocycles. The quantitative estimate of drug-likeness (QED) is 0.248. The summed E-state index contributed by atoms with van der Waals surface area (Å²) < 4.78 is 29.7. The van der Waals surface area contributed by atoms with Crippen LogP contribution in [0.15, 0.2) is 78.0 Å². The van der Waals surface area contributed by atoms with Crippen molar-refractivity contribution in [3.8, 4) is 0 Å². The number of sulfonamides is 1. The van der Waals surface area contributed by atoms with Crippen molar-refractivity contribution in [3.05, 3.63) is 92.8 Å². The van der Waals surface area contributed by atoms with Crippen LogP contribution < -0.4 is 10.0 Å². The predicted octanol–water partition coefficient (Wildman–Crippen LogP) is 4.11. The molecular formula is C24H18ClIN4O5S. The van der Waals surface area contributed by atoms with E-state index in [0.717, 1.165) is 0 Å². The van der Waals surface area contributed by atoms with E-state index in [-0.39, 0.29) is 28.1 Å². The van der Waals surface area contributed by atoms with Crippen LogP contribution in [0.25, 0.3) is 11.0 Å². The molecule has 184 valence electrons. The van der Waals surface area contributed by atoms with Crippen LogP contribution >= 0.6 is 34.2 Å². The molecule has 9 nitrogen and oxygen atoms in total. The van der Waals surface area contributed by atoms with E-state index >= 15 is 0 Å². The molecule has 4 rings (SSSR count). The molecule has 0 unspecified atom stereocenters. The molecule has 1 amide bonds. The lowest BCUT2D eigenvalue weighted by Gasteiger charge is -2.17. The number of benzene rings is 3. The number of nitrogens with one attached hydrogen (secondary N) is 2. The zero-order valence-electron chi connectivity index (χ0n) is 18.4. The SMILES string of the molecule is O=C(N[C@@H](Cc1ccc(Cl)cc1)C(=O)O)c1ccc(I)cc1NS(=O)(=O)c1cccc2nccnc12. The van der Waals surface area contributed by atoms with Gasteiger partial charge in [-0.25, -0.2) is 13.2 Å². The maximum atomic E-state index is 13.3. The lowest BCUT2D eigenvalue weighted by atomic mass is 10.1. The summed E-state index contributed by atoms with van der Waals surface area (Å²) >= 11 is 7.87. The molecule has 1 aromatic heterocycles. The first kappa shape index (κ1) is 25.8. The molecule has 0 aliphatic carbocycles. The molecule has 0 radical (unpaired) electrons. The Morgan fingerprint density at radius 1 is 1.03 bits per heavy atom. The van der Waals surface area contributed by atoms with E-state index in [9.17, 15) is 23.1 Å². The Morgan fingerprint density at radius 2 is 1.75 bits per heavy atom. The van der Waals surface area contributed by atoms with Crippen LogP contribution in [-0.4, -0.2) is 41.4 Å². The van der Waals surface area contributed by atoms with Gasteiger partial charge in [-0.2, -0.15) is 0 Å². The van der Waals surface area contributed by atoms with Gasteiger partial charge in [-0.05, 0) is 70.6 Å². The molecule has 0 saturated heterocycles. The molecule has 1 heterocycles. The molecule has 3 aromatic carbocycles. The number of anilines is 1. The van der Waals surface area contributed by atoms with Gasteiger partial charge in [-0.3, -0.25) is 19.5 Å². The number of carboxylic acid groups (broad SMARTS) is 1. The van der Waals surface area contributed by atoms with Crippen molar-refractivity contribution in [2.75, 3.05) is 4.72 Å². The van der Waals surface area contributed by atoms with Crippen molar-refractivity contribution < 1.29 is 23.1 Å². The van der Waals surface area contributed by atoms with Crippen molar-refractivity contribution in [1.29, 1.82) is 0 Å². The normalized spacial score (nSPS) is 12.2. The minimum atomic E-state index is -4.17. The van der Waals surface area contributed by atoms with Crippen LogP contribution in [0.2, 0.25) is 5.02 Å². The zero-order chi connectivity index (χ0) is 25.9. The summed E-state index contributed by atoms with van der Waals surface area (Å²) in [4.78, 5) is 33.1. The van der Waals surface area contributed by atoms with E-state index in [1.165, 1.54) is 30.6 Å². The first-order valence-electron chi connectivity index (χ1n) is 10.4. The predicted molar refractivity (Wildman–Crippen MR) is 144 cm³/mol. The van der Waals surface area contributed by atoms with Crippen molar-refractivity contribution in [3.63, 3.8) is 0 Å². The summed E-state index contributed by atoms with van der Waals surface area (Å²) in [6, 6.07) is 14.4. The second-order valence-corrected chi connectivity index (χ2v) is 11.0. The van der Waals surface area contributed by atoms with Gasteiger partial charge >= 0.3 is 5.97 Å². The smallest absolute Gasteiger partial charge is 0.326 e. The highest BCUT2D eigenvalue weighted by molar-refractivity contribution is 14.1. The minimum Gasteiger partial charge on any atom is -0.480 e. The Balaban J connectivity index is 1.63. The number of fused-ring (bicyclic) bond motifs is 1. The lowest BCUT2D eigenvalue weighted by Crippen LogP contribution is -2.42. The molecule has 1 atom stereocenters. The van der Waals surface area contributed by atoms with E-state index < -0.39 is 27.9 Å². The van der Waals surface area contributed by atoms with Crippen molar-refractivity contribution >= 4 is 72.8 Å². The Kier molecular flexibility index (Phi) is 7.71. The number of aromatic nitrogens is 2. The summed E-state index contributed by atoms with van der Waals surface area (Å²) in [6.07, 6.45) is 2.85. The summed E-state index contributed by atoms with van der Waals surface area (Å²) in [5, 5.41) is 12.6. The topological polar surface area (TPSA) is 138 Å². The summed E-state index contributed by atoms with van der Waals surface area (Å²) in [5.74, 6) is -1.98. The Hall–Kier alpha value is -3.29. The number of amides is 1. The average Bonchev–Trinajstić information content (AvgIpc) is 2.84. The van der Waals surface area contributed by atoms with Gasteiger partial charge in [0.1, 0.15) is 16.5 Å². The Labute approximate surface area is 225 Å². The number of aliphatic carboxylic acids is 1. The van der Waals surface area contributed by atoms with Gasteiger partial charge in [0.2, 0.25) is 0 Å². The third kappa shape index (κ3) is 5.91. The average molecular weight is 637 g/mol. The van der Waals surface area contributed by atoms with E-state index in [4.69, 9.17) is 11.6 Å². The van der Waals surface area contributed by atoms with Gasteiger partial charge < -0.3 is 10.4 Å². The van der Waals surface area contributed by atoms with Crippen molar-refractivity contribution in [2.24, 2.45) is 0 Å². The number of para-hydroxylation sites is 1. The third-order valence-corrected chi connectivity index (χ3v) is 7.50. The van der Waals surface area contributed by atoms with Gasteiger partial charge in [0.05, 0.1) is 16.8 Å². The Bertz CT molecular complexity index is 1560. The molecule has 0 spiro atoms. The van der Waals surface area contributed by atoms with Crippen LogP contribution in [0.1, 0.15) is 15.9 Å². The van der Waals surface area contributed by atoms with E-state index in [1.54, 1.807) is 42.5 Å². The summed E-state index contributed by atoms with van der Waals surface area (Å²) in [6.45, 7) is 0. The zero-order valence-corrected chi connectivity index (χ0v) is 22.1. The molecule has 4 aromatic rings. The van der Waals surface area contributed by atoms with Crippen molar-refractivity contribution in [1.82, 2.24) is 15.3 Å². The van der Waals surface area contributed by atoms with Gasteiger partial charge in [0.25, 0.3) is 15.9 Å². The molecule has 3 N–H and O–H groups in total. The van der Waals surface area contributed by atoms with E-state index in [1.807, 2.05) is 22.6 Å². The first-order valence-corrected chi connectivity index (χ1v) is 13.4. The monoisotopic (exact) mass is 636 g/mol. The second kappa shape index (κ2) is 10.8. The maximum Gasteiger partial charge on any atom is 0.326 e. The third-order valence-electron chi connectivity index (χ3n) is 5.18. The number of hydrogen-bond acceptors (Lipinski definition) is 6. The summed E-state index contributed by atoms with van der Waals surface area (Å²) in [7, 11) is -4.17. The summed E-state index contributed by atoms with van der Waals surface area (Å²) in [5.41, 5.74) is 1.20. The molecule has 0 fully saturated rings. The van der Waals surface area contributed by atoms with E-state index in [2.05, 4.69) is 20.0 Å². The van der Waals surface area contributed by atoms with Crippen LogP contribution in [-0.2, 0) is 21.2 Å². The second-order valence-electron chi connectivity index (χ2n) is 7.67. The highest BCUT2D eigenvalue weighted by Crippen LogP contribution is 2.26. The molecular weight excluding hydrogens is 619 g/mol. The first-order chi connectivity index (χ1) is 17.1. The van der Waals surface area contributed by atoms with E-state index in [0.29, 0.717) is 19.7 Å². The van der Waals surface area contributed by atoms with Crippen LogP contribution in [0, 0.1) is 3.57 Å². The fourth-order valence-corrected chi connectivity index (χ4v) is 5.33. The van der Waals surface area contributed by atoms with Gasteiger partial charge in [0, 0.05) is 27.4 Å². The largest absolute Gasteiger partial charge is 0.480 e. The lowest BCUT2D eigenvalue weighted by molar-refractivity contribution is -0.139. The van der Waals surface area contributed by atoms with Crippen LogP contribution in [0.5, 0.6) is 0 Å². The molecule has 0 aliphatic rings. The molecule has 0 bridgehead atoms. The molecule has 36 heavy (non-hydrogen) atoms. The number of nitrogens with zero attached hydrogens (tertiary/aromatic N) is 2. The van der Waals surface area contributed by atoms with Gasteiger partial charge in [-0.1, -0.05) is 29.8 Å². The number of hydrogen-bond donors (Lipinski definition) is 3. The number of carbonyl (C=O) groups is 2. The standard InChI is InChI=1S/C24H18ClIN4O5S/c25-15-6-4-14(5-7-15)12-20(24(32)33)29-23(31)17-9-8-16(26)13-19(17)30-36(34,35)21-3-1-2-18-22(21)28-11-10-27-18/h1-11,13,20,30H,12H2,(H,29,31)(H,32,33)/t20-/m0/s1. The number of halogens is 2. The minimum absolute atomic E-state index is 0.00377. The highest BCUT2D eigenvalue weighted by atomic mass is 127. The molecule has 12 heteroatoms. The molecule has 0 aliphatic heterocycles. The van der Waals surface area contributed by atoms with Crippen molar-refractivity contribution in [2.45, 2.75) is 17.4 Å². The number of rotatable bonds is 8. The highest BCUT2D eigenvalue weighted by Gasteiger charge is 2.25. The van der Waals surface area contributed by atoms with Gasteiger partial charge in [0.15, 0.2) is 0 Å². The van der Waals surface area contributed by atoms with Crippen LogP contribution in [0.3, 0.4) is 0 Å². The fourth-order valence-electron chi connectivity index (χ4n) is 3.47. The van der Waals surface area contributed by atoms with Gasteiger partial charge in [-0.15, -0.1) is 0 Å². The fraction of sp³-hybridized carbons (Fsp3) is 0.0833. The van der Waals surface area contributed by atoms with Crippen LogP contribution in [0.4, 0.5) is 5.69 Å².